The molecule has 0 bridgehead atoms. The standard InChI is InChI=1S/C13H8F3N3O/c14-9-2-1-7(8-3-4-17-12(8)9)10-5-19-11(6-18-10)20-13(15)16/h1-6,13,17H. The van der Waals surface area contributed by atoms with E-state index in [1.54, 1.807) is 18.3 Å². The van der Waals surface area contributed by atoms with Crippen molar-refractivity contribution >= 4 is 10.9 Å². The van der Waals surface area contributed by atoms with E-state index in [0.717, 1.165) is 6.20 Å². The van der Waals surface area contributed by atoms with Crippen LogP contribution in [0.5, 0.6) is 5.88 Å². The first-order valence-electron chi connectivity index (χ1n) is 5.68. The molecule has 102 valence electrons. The molecular formula is C13H8F3N3O. The third kappa shape index (κ3) is 2.18. The Morgan fingerprint density at radius 2 is 1.95 bits per heavy atom. The minimum Gasteiger partial charge on any atom is -0.415 e. The van der Waals surface area contributed by atoms with E-state index in [9.17, 15) is 13.2 Å². The normalized spacial score (nSPS) is 11.2. The van der Waals surface area contributed by atoms with E-state index in [4.69, 9.17) is 0 Å². The number of rotatable bonds is 3. The van der Waals surface area contributed by atoms with Crippen molar-refractivity contribution in [3.8, 4) is 17.1 Å². The van der Waals surface area contributed by atoms with Gasteiger partial charge in [-0.25, -0.2) is 14.4 Å². The number of aromatic amines is 1. The quantitative estimate of drug-likeness (QED) is 0.799. The summed E-state index contributed by atoms with van der Waals surface area (Å²) in [5.74, 6) is -0.643. The zero-order valence-electron chi connectivity index (χ0n) is 9.98. The third-order valence-corrected chi connectivity index (χ3v) is 2.79. The van der Waals surface area contributed by atoms with Crippen molar-refractivity contribution in [2.45, 2.75) is 6.61 Å². The van der Waals surface area contributed by atoms with Crippen LogP contribution in [0, 0.1) is 5.82 Å². The second kappa shape index (κ2) is 4.84. The summed E-state index contributed by atoms with van der Waals surface area (Å²) in [5, 5.41) is 0.641. The van der Waals surface area contributed by atoms with Gasteiger partial charge < -0.3 is 9.72 Å². The van der Waals surface area contributed by atoms with Gasteiger partial charge in [-0.15, -0.1) is 0 Å². The number of nitrogens with one attached hydrogen (secondary N) is 1. The Hall–Kier alpha value is -2.57. The van der Waals surface area contributed by atoms with Crippen LogP contribution >= 0.6 is 0 Å². The molecule has 0 saturated carbocycles. The van der Waals surface area contributed by atoms with Crippen molar-refractivity contribution in [3.05, 3.63) is 42.6 Å². The molecule has 0 radical (unpaired) electrons. The monoisotopic (exact) mass is 279 g/mol. The maximum atomic E-state index is 13.6. The van der Waals surface area contributed by atoms with Crippen LogP contribution in [0.1, 0.15) is 0 Å². The molecule has 0 saturated heterocycles. The van der Waals surface area contributed by atoms with Crippen LogP contribution in [0.2, 0.25) is 0 Å². The number of aromatic nitrogens is 3. The van der Waals surface area contributed by atoms with Gasteiger partial charge >= 0.3 is 6.61 Å². The van der Waals surface area contributed by atoms with Gasteiger partial charge in [-0.2, -0.15) is 8.78 Å². The topological polar surface area (TPSA) is 50.8 Å². The van der Waals surface area contributed by atoms with Crippen LogP contribution in [0.3, 0.4) is 0 Å². The maximum Gasteiger partial charge on any atom is 0.388 e. The summed E-state index contributed by atoms with van der Waals surface area (Å²) in [7, 11) is 0. The number of H-pyrrole nitrogens is 1. The molecular weight excluding hydrogens is 271 g/mol. The molecule has 4 nitrogen and oxygen atoms in total. The molecule has 0 amide bonds. The lowest BCUT2D eigenvalue weighted by Crippen LogP contribution is -2.04. The van der Waals surface area contributed by atoms with Gasteiger partial charge in [-0.1, -0.05) is 0 Å². The number of fused-ring (bicyclic) bond motifs is 1. The highest BCUT2D eigenvalue weighted by Crippen LogP contribution is 2.28. The zero-order valence-corrected chi connectivity index (χ0v) is 9.98. The van der Waals surface area contributed by atoms with Crippen LogP contribution in [0.25, 0.3) is 22.2 Å². The van der Waals surface area contributed by atoms with E-state index in [1.807, 2.05) is 0 Å². The van der Waals surface area contributed by atoms with Crippen molar-refractivity contribution in [3.63, 3.8) is 0 Å². The fraction of sp³-hybridized carbons (Fsp3) is 0.0769. The Morgan fingerprint density at radius 1 is 1.10 bits per heavy atom. The first kappa shape index (κ1) is 12.5. The highest BCUT2D eigenvalue weighted by atomic mass is 19.3. The van der Waals surface area contributed by atoms with Gasteiger partial charge in [0.15, 0.2) is 0 Å². The molecule has 1 N–H and O–H groups in total. The molecule has 0 aliphatic rings. The predicted molar refractivity (Wildman–Crippen MR) is 65.9 cm³/mol. The molecule has 3 aromatic rings. The molecule has 0 aliphatic carbocycles. The fourth-order valence-electron chi connectivity index (χ4n) is 1.95. The lowest BCUT2D eigenvalue weighted by molar-refractivity contribution is -0.0530. The average molecular weight is 279 g/mol. The molecule has 2 heterocycles. The van der Waals surface area contributed by atoms with E-state index in [0.29, 0.717) is 22.2 Å². The first-order chi connectivity index (χ1) is 9.65. The van der Waals surface area contributed by atoms with Gasteiger partial charge in [-0.05, 0) is 18.2 Å². The maximum absolute atomic E-state index is 13.6. The van der Waals surface area contributed by atoms with Gasteiger partial charge in [0.1, 0.15) is 5.82 Å². The molecule has 20 heavy (non-hydrogen) atoms. The van der Waals surface area contributed by atoms with Crippen molar-refractivity contribution in [2.24, 2.45) is 0 Å². The van der Waals surface area contributed by atoms with Crippen LogP contribution in [0.15, 0.2) is 36.8 Å². The number of ether oxygens (including phenoxy) is 1. The summed E-state index contributed by atoms with van der Waals surface area (Å²) in [4.78, 5) is 10.5. The SMILES string of the molecule is Fc1ccc(-c2cnc(OC(F)F)cn2)c2cc[nH]c12. The molecule has 0 atom stereocenters. The number of alkyl halides is 2. The summed E-state index contributed by atoms with van der Waals surface area (Å²) in [6, 6.07) is 4.57. The summed E-state index contributed by atoms with van der Waals surface area (Å²) in [6.45, 7) is -2.95. The minimum absolute atomic E-state index is 0.267. The number of halogens is 3. The van der Waals surface area contributed by atoms with E-state index in [2.05, 4.69) is 19.7 Å². The first-order valence-corrected chi connectivity index (χ1v) is 5.68. The van der Waals surface area contributed by atoms with Gasteiger partial charge in [-0.3, -0.25) is 0 Å². The number of hydrogen-bond donors (Lipinski definition) is 1. The van der Waals surface area contributed by atoms with Gasteiger partial charge in [0, 0.05) is 17.1 Å². The zero-order chi connectivity index (χ0) is 14.1. The minimum atomic E-state index is -2.95. The van der Waals surface area contributed by atoms with Crippen LogP contribution in [0.4, 0.5) is 13.2 Å². The van der Waals surface area contributed by atoms with Crippen molar-refractivity contribution < 1.29 is 17.9 Å². The Kier molecular flexibility index (Phi) is 3.02. The van der Waals surface area contributed by atoms with Crippen LogP contribution < -0.4 is 4.74 Å². The van der Waals surface area contributed by atoms with Gasteiger partial charge in [0.25, 0.3) is 0 Å². The van der Waals surface area contributed by atoms with Gasteiger partial charge in [0.05, 0.1) is 23.6 Å². The van der Waals surface area contributed by atoms with E-state index in [1.165, 1.54) is 12.3 Å². The van der Waals surface area contributed by atoms with E-state index in [-0.39, 0.29) is 11.7 Å². The average Bonchev–Trinajstić information content (AvgIpc) is 2.90. The molecule has 0 fully saturated rings. The lowest BCUT2D eigenvalue weighted by Gasteiger charge is -2.05. The molecule has 0 spiro atoms. The molecule has 0 unspecified atom stereocenters. The Balaban J connectivity index is 2.03. The summed E-state index contributed by atoms with van der Waals surface area (Å²) in [5.41, 5.74) is 1.45. The smallest absolute Gasteiger partial charge is 0.388 e. The molecule has 3 rings (SSSR count). The lowest BCUT2D eigenvalue weighted by atomic mass is 10.1. The summed E-state index contributed by atoms with van der Waals surface area (Å²) in [6.07, 6.45) is 4.01. The molecule has 0 aliphatic heterocycles. The Labute approximate surface area is 111 Å². The highest BCUT2D eigenvalue weighted by molar-refractivity contribution is 5.94. The molecule has 1 aromatic carbocycles. The largest absolute Gasteiger partial charge is 0.415 e. The Bertz CT molecular complexity index is 740. The van der Waals surface area contributed by atoms with Crippen LogP contribution in [-0.4, -0.2) is 21.6 Å². The number of benzene rings is 1. The van der Waals surface area contributed by atoms with E-state index >= 15 is 0 Å². The van der Waals surface area contributed by atoms with Crippen molar-refractivity contribution in [1.82, 2.24) is 15.0 Å². The van der Waals surface area contributed by atoms with Crippen molar-refractivity contribution in [1.29, 1.82) is 0 Å². The predicted octanol–water partition coefficient (Wildman–Crippen LogP) is 3.37. The Morgan fingerprint density at radius 3 is 2.65 bits per heavy atom. The number of hydrogen-bond acceptors (Lipinski definition) is 3. The molecule has 7 heteroatoms. The van der Waals surface area contributed by atoms with E-state index < -0.39 is 6.61 Å². The number of nitrogens with zero attached hydrogens (tertiary/aromatic N) is 2. The second-order valence-electron chi connectivity index (χ2n) is 3.98. The van der Waals surface area contributed by atoms with Gasteiger partial charge in [0.2, 0.25) is 5.88 Å². The second-order valence-corrected chi connectivity index (χ2v) is 3.98. The van der Waals surface area contributed by atoms with Crippen LogP contribution in [-0.2, 0) is 0 Å². The molecule has 2 aromatic heterocycles. The highest BCUT2D eigenvalue weighted by Gasteiger charge is 2.11. The summed E-state index contributed by atoms with van der Waals surface area (Å²) < 4.78 is 41.7. The van der Waals surface area contributed by atoms with Crippen molar-refractivity contribution in [2.75, 3.05) is 0 Å². The third-order valence-electron chi connectivity index (χ3n) is 2.79. The summed E-state index contributed by atoms with van der Waals surface area (Å²) >= 11 is 0. The fourth-order valence-corrected chi connectivity index (χ4v) is 1.95.